The molecule has 112 valence electrons. The van der Waals surface area contributed by atoms with Gasteiger partial charge in [0.05, 0.1) is 10.5 Å². The molecule has 2 nitrogen and oxygen atoms in total. The lowest BCUT2D eigenvalue weighted by Crippen LogP contribution is -2.31. The van der Waals surface area contributed by atoms with Gasteiger partial charge in [0.15, 0.2) is 0 Å². The van der Waals surface area contributed by atoms with Crippen molar-refractivity contribution in [3.63, 3.8) is 0 Å². The molecule has 0 saturated heterocycles. The molecule has 0 aromatic heterocycles. The summed E-state index contributed by atoms with van der Waals surface area (Å²) >= 11 is 4.27. The van der Waals surface area contributed by atoms with E-state index in [1.54, 1.807) is 12.1 Å². The van der Waals surface area contributed by atoms with Gasteiger partial charge in [0.1, 0.15) is 17.5 Å². The molecule has 0 aliphatic rings. The third-order valence-electron chi connectivity index (χ3n) is 2.84. The molecule has 0 saturated carbocycles. The lowest BCUT2D eigenvalue weighted by Gasteiger charge is -2.18. The van der Waals surface area contributed by atoms with Gasteiger partial charge in [-0.1, -0.05) is 6.07 Å². The molecule has 2 aromatic carbocycles. The lowest BCUT2D eigenvalue weighted by molar-refractivity contribution is 0.497. The highest BCUT2D eigenvalue weighted by molar-refractivity contribution is 9.10. The largest absolute Gasteiger partial charge is 0.271 e. The van der Waals surface area contributed by atoms with Gasteiger partial charge in [-0.15, -0.1) is 11.8 Å². The summed E-state index contributed by atoms with van der Waals surface area (Å²) in [6, 6.07) is 7.69. The van der Waals surface area contributed by atoms with Crippen molar-refractivity contribution in [1.29, 1.82) is 0 Å². The van der Waals surface area contributed by atoms with E-state index in [2.05, 4.69) is 21.4 Å². The van der Waals surface area contributed by atoms with Gasteiger partial charge in [-0.25, -0.2) is 13.2 Å². The summed E-state index contributed by atoms with van der Waals surface area (Å²) in [6.45, 7) is 0. The molecule has 0 bridgehead atoms. The predicted octanol–water partition coefficient (Wildman–Crippen LogP) is 4.16. The van der Waals surface area contributed by atoms with Crippen LogP contribution in [0.1, 0.15) is 11.6 Å². The van der Waals surface area contributed by atoms with Crippen molar-refractivity contribution in [2.75, 3.05) is 5.75 Å². The quantitative estimate of drug-likeness (QED) is 0.356. The third kappa shape index (κ3) is 4.00. The number of thioether (sulfide) groups is 1. The van der Waals surface area contributed by atoms with Crippen LogP contribution in [0.5, 0.6) is 0 Å². The first-order valence-corrected chi connectivity index (χ1v) is 7.78. The normalized spacial score (nSPS) is 12.4. The zero-order valence-electron chi connectivity index (χ0n) is 10.7. The molecule has 2 rings (SSSR count). The fourth-order valence-electron chi connectivity index (χ4n) is 1.81. The Morgan fingerprint density at radius 2 is 1.95 bits per heavy atom. The number of rotatable bonds is 5. The number of hydrazine groups is 1. The molecule has 0 fully saturated rings. The molecular weight excluding hydrogens is 365 g/mol. The van der Waals surface area contributed by atoms with Gasteiger partial charge < -0.3 is 0 Å². The van der Waals surface area contributed by atoms with Crippen molar-refractivity contribution in [3.05, 3.63) is 63.9 Å². The molecule has 7 heteroatoms. The first-order valence-electron chi connectivity index (χ1n) is 6.01. The Bertz CT molecular complexity index is 640. The Morgan fingerprint density at radius 3 is 2.62 bits per heavy atom. The van der Waals surface area contributed by atoms with Crippen molar-refractivity contribution in [2.24, 2.45) is 5.84 Å². The number of hydrogen-bond donors (Lipinski definition) is 2. The number of halogens is 4. The van der Waals surface area contributed by atoms with E-state index >= 15 is 0 Å². The van der Waals surface area contributed by atoms with Crippen molar-refractivity contribution in [3.8, 4) is 0 Å². The van der Waals surface area contributed by atoms with E-state index < -0.39 is 17.7 Å². The van der Waals surface area contributed by atoms with Gasteiger partial charge in [0.2, 0.25) is 0 Å². The fourth-order valence-corrected chi connectivity index (χ4v) is 3.15. The minimum absolute atomic E-state index is 0.143. The minimum Gasteiger partial charge on any atom is -0.271 e. The van der Waals surface area contributed by atoms with Crippen LogP contribution in [0.25, 0.3) is 0 Å². The van der Waals surface area contributed by atoms with Crippen LogP contribution < -0.4 is 11.3 Å². The second kappa shape index (κ2) is 7.31. The van der Waals surface area contributed by atoms with Crippen molar-refractivity contribution in [2.45, 2.75) is 10.9 Å². The minimum atomic E-state index is -0.740. The van der Waals surface area contributed by atoms with Gasteiger partial charge >= 0.3 is 0 Å². The average Bonchev–Trinajstić information content (AvgIpc) is 2.46. The Hall–Kier alpha value is -1.02. The molecule has 0 aliphatic heterocycles. The third-order valence-corrected chi connectivity index (χ3v) is 4.54. The molecule has 0 radical (unpaired) electrons. The van der Waals surface area contributed by atoms with Crippen LogP contribution in [0.15, 0.2) is 45.8 Å². The maximum absolute atomic E-state index is 14.0. The second-order valence-corrected chi connectivity index (χ2v) is 6.19. The van der Waals surface area contributed by atoms with Gasteiger partial charge in [0.25, 0.3) is 0 Å². The maximum Gasteiger partial charge on any atom is 0.145 e. The molecule has 1 atom stereocenters. The predicted molar refractivity (Wildman–Crippen MR) is 81.2 cm³/mol. The smallest absolute Gasteiger partial charge is 0.145 e. The Labute approximate surface area is 133 Å². The van der Waals surface area contributed by atoms with Gasteiger partial charge in [-0.3, -0.25) is 11.3 Å². The Kier molecular flexibility index (Phi) is 5.69. The molecule has 0 spiro atoms. The molecule has 1 unspecified atom stereocenters. The van der Waals surface area contributed by atoms with Crippen LogP contribution in [0.2, 0.25) is 0 Å². The SMILES string of the molecule is NNC(CSc1cccc(F)c1)c1c(F)ccc(Br)c1F. The van der Waals surface area contributed by atoms with E-state index in [1.807, 2.05) is 0 Å². The van der Waals surface area contributed by atoms with Crippen molar-refractivity contribution in [1.82, 2.24) is 5.43 Å². The maximum atomic E-state index is 14.0. The number of hydrogen-bond acceptors (Lipinski definition) is 3. The molecule has 3 N–H and O–H groups in total. The van der Waals surface area contributed by atoms with Crippen molar-refractivity contribution < 1.29 is 13.2 Å². The average molecular weight is 377 g/mol. The van der Waals surface area contributed by atoms with E-state index in [0.717, 1.165) is 0 Å². The summed E-state index contributed by atoms with van der Waals surface area (Å²) in [5, 5.41) is 0. The summed E-state index contributed by atoms with van der Waals surface area (Å²) in [5.41, 5.74) is 2.25. The molecule has 0 heterocycles. The van der Waals surface area contributed by atoms with E-state index in [1.165, 1.54) is 36.0 Å². The first kappa shape index (κ1) is 16.4. The highest BCUT2D eigenvalue weighted by atomic mass is 79.9. The number of benzene rings is 2. The summed E-state index contributed by atoms with van der Waals surface area (Å²) in [4.78, 5) is 0.658. The summed E-state index contributed by atoms with van der Waals surface area (Å²) in [6.07, 6.45) is 0. The van der Waals surface area contributed by atoms with Crippen LogP contribution in [0, 0.1) is 17.5 Å². The molecular formula is C14H12BrF3N2S. The van der Waals surface area contributed by atoms with Crippen LogP contribution in [0.4, 0.5) is 13.2 Å². The molecule has 21 heavy (non-hydrogen) atoms. The molecule has 0 amide bonds. The number of nitrogens with one attached hydrogen (secondary N) is 1. The summed E-state index contributed by atoms with van der Waals surface area (Å²) in [7, 11) is 0. The highest BCUT2D eigenvalue weighted by Gasteiger charge is 2.21. The van der Waals surface area contributed by atoms with Gasteiger partial charge in [-0.2, -0.15) is 0 Å². The molecule has 2 aromatic rings. The Balaban J connectivity index is 2.19. The van der Waals surface area contributed by atoms with Crippen molar-refractivity contribution >= 4 is 27.7 Å². The zero-order chi connectivity index (χ0) is 15.4. The first-order chi connectivity index (χ1) is 10.0. The van der Waals surface area contributed by atoms with Crippen LogP contribution >= 0.6 is 27.7 Å². The van der Waals surface area contributed by atoms with Gasteiger partial charge in [-0.05, 0) is 46.3 Å². The molecule has 0 aliphatic carbocycles. The monoisotopic (exact) mass is 376 g/mol. The second-order valence-electron chi connectivity index (χ2n) is 4.24. The van der Waals surface area contributed by atoms with E-state index in [0.29, 0.717) is 4.90 Å². The number of nitrogens with two attached hydrogens (primary N) is 1. The van der Waals surface area contributed by atoms with Crippen LogP contribution in [0.3, 0.4) is 0 Å². The van der Waals surface area contributed by atoms with E-state index in [4.69, 9.17) is 5.84 Å². The van der Waals surface area contributed by atoms with E-state index in [9.17, 15) is 13.2 Å². The van der Waals surface area contributed by atoms with Gasteiger partial charge in [0, 0.05) is 16.2 Å². The fraction of sp³-hybridized carbons (Fsp3) is 0.143. The Morgan fingerprint density at radius 1 is 1.19 bits per heavy atom. The topological polar surface area (TPSA) is 38.0 Å². The summed E-state index contributed by atoms with van der Waals surface area (Å²) < 4.78 is 41.1. The highest BCUT2D eigenvalue weighted by Crippen LogP contribution is 2.30. The lowest BCUT2D eigenvalue weighted by atomic mass is 10.1. The zero-order valence-corrected chi connectivity index (χ0v) is 13.1. The summed E-state index contributed by atoms with van der Waals surface area (Å²) in [5.74, 6) is 3.91. The van der Waals surface area contributed by atoms with E-state index in [-0.39, 0.29) is 21.6 Å². The van der Waals surface area contributed by atoms with Crippen LogP contribution in [-0.4, -0.2) is 5.75 Å². The van der Waals surface area contributed by atoms with Crippen LogP contribution in [-0.2, 0) is 0 Å². The standard InChI is InChI=1S/C14H12BrF3N2S/c15-10-4-5-11(17)13(14(10)18)12(20-19)7-21-9-3-1-2-8(16)6-9/h1-6,12,20H,7,19H2.